The van der Waals surface area contributed by atoms with E-state index in [0.29, 0.717) is 19.5 Å². The van der Waals surface area contributed by atoms with Gasteiger partial charge in [-0.1, -0.05) is 12.8 Å². The Morgan fingerprint density at radius 3 is 2.06 bits per heavy atom. The summed E-state index contributed by atoms with van der Waals surface area (Å²) in [5.41, 5.74) is 0. The molecule has 1 rings (SSSR count). The molecule has 1 fully saturated rings. The zero-order chi connectivity index (χ0) is 12.1. The van der Waals surface area contributed by atoms with Crippen LogP contribution >= 0.6 is 0 Å². The molecule has 0 saturated heterocycles. The molecule has 1 amide bonds. The average Bonchev–Trinajstić information content (AvgIpc) is 2.30. The van der Waals surface area contributed by atoms with Crippen LogP contribution in [0.5, 0.6) is 0 Å². The highest BCUT2D eigenvalue weighted by molar-refractivity contribution is 5.84. The molecular weight excluding hydrogens is 206 g/mol. The fourth-order valence-electron chi connectivity index (χ4n) is 2.49. The summed E-state index contributed by atoms with van der Waals surface area (Å²) in [6.45, 7) is 5.19. The van der Waals surface area contributed by atoms with Gasteiger partial charge in [0, 0.05) is 13.1 Å². The second kappa shape index (κ2) is 5.87. The van der Waals surface area contributed by atoms with Gasteiger partial charge in [0.25, 0.3) is 0 Å². The van der Waals surface area contributed by atoms with Gasteiger partial charge in [0.2, 0.25) is 5.91 Å². The Labute approximate surface area is 96.6 Å². The minimum Gasteiger partial charge on any atom is -0.481 e. The number of rotatable bonds is 4. The van der Waals surface area contributed by atoms with Crippen molar-refractivity contribution in [2.75, 3.05) is 13.1 Å². The fourth-order valence-corrected chi connectivity index (χ4v) is 2.49. The predicted molar refractivity (Wildman–Crippen MR) is 61.0 cm³/mol. The lowest BCUT2D eigenvalue weighted by molar-refractivity contribution is -0.152. The lowest BCUT2D eigenvalue weighted by Gasteiger charge is -2.31. The van der Waals surface area contributed by atoms with E-state index in [4.69, 9.17) is 5.11 Å². The maximum absolute atomic E-state index is 12.1. The number of carboxylic acid groups (broad SMARTS) is 1. The Kier molecular flexibility index (Phi) is 4.77. The van der Waals surface area contributed by atoms with Crippen LogP contribution in [-0.2, 0) is 9.59 Å². The number of carbonyl (C=O) groups is 2. The van der Waals surface area contributed by atoms with E-state index in [9.17, 15) is 9.59 Å². The van der Waals surface area contributed by atoms with Crippen LogP contribution in [0.25, 0.3) is 0 Å². The van der Waals surface area contributed by atoms with Crippen LogP contribution in [-0.4, -0.2) is 35.0 Å². The molecule has 0 aliphatic heterocycles. The molecule has 1 aliphatic carbocycles. The van der Waals surface area contributed by atoms with E-state index < -0.39 is 11.9 Å². The summed E-state index contributed by atoms with van der Waals surface area (Å²) in [4.78, 5) is 25.0. The average molecular weight is 227 g/mol. The third kappa shape index (κ3) is 2.74. The van der Waals surface area contributed by atoms with Crippen molar-refractivity contribution in [3.63, 3.8) is 0 Å². The molecule has 0 radical (unpaired) electrons. The number of hydrogen-bond donors (Lipinski definition) is 1. The Bertz CT molecular complexity index is 261. The monoisotopic (exact) mass is 227 g/mol. The number of hydrogen-bond acceptors (Lipinski definition) is 2. The third-order valence-electron chi connectivity index (χ3n) is 3.48. The van der Waals surface area contributed by atoms with Crippen LogP contribution in [0.15, 0.2) is 0 Å². The van der Waals surface area contributed by atoms with Crippen molar-refractivity contribution in [1.29, 1.82) is 0 Å². The largest absolute Gasteiger partial charge is 0.481 e. The molecule has 16 heavy (non-hydrogen) atoms. The number of carboxylic acids is 1. The van der Waals surface area contributed by atoms with E-state index in [2.05, 4.69) is 0 Å². The molecule has 0 heterocycles. The number of aliphatic carboxylic acids is 1. The number of carbonyl (C=O) groups excluding carboxylic acids is 1. The summed E-state index contributed by atoms with van der Waals surface area (Å²) in [5, 5.41) is 9.11. The molecule has 2 atom stereocenters. The van der Waals surface area contributed by atoms with Gasteiger partial charge in [0.1, 0.15) is 0 Å². The Balaban J connectivity index is 2.74. The molecule has 0 unspecified atom stereocenters. The quantitative estimate of drug-likeness (QED) is 0.796. The maximum atomic E-state index is 12.1. The van der Waals surface area contributed by atoms with Gasteiger partial charge in [-0.05, 0) is 26.7 Å². The first-order chi connectivity index (χ1) is 7.61. The van der Waals surface area contributed by atoms with Gasteiger partial charge < -0.3 is 10.0 Å². The summed E-state index contributed by atoms with van der Waals surface area (Å²) < 4.78 is 0. The molecule has 0 spiro atoms. The van der Waals surface area contributed by atoms with Gasteiger partial charge in [-0.3, -0.25) is 9.59 Å². The molecule has 1 N–H and O–H groups in total. The molecule has 1 saturated carbocycles. The summed E-state index contributed by atoms with van der Waals surface area (Å²) in [6, 6.07) is 0. The normalized spacial score (nSPS) is 25.1. The second-order valence-electron chi connectivity index (χ2n) is 4.35. The third-order valence-corrected chi connectivity index (χ3v) is 3.48. The topological polar surface area (TPSA) is 57.6 Å². The molecule has 1 aliphatic rings. The van der Waals surface area contributed by atoms with Crippen molar-refractivity contribution in [3.8, 4) is 0 Å². The summed E-state index contributed by atoms with van der Waals surface area (Å²) in [6.07, 6.45) is 3.28. The van der Waals surface area contributed by atoms with E-state index in [1.807, 2.05) is 13.8 Å². The number of amides is 1. The predicted octanol–water partition coefficient (Wildman–Crippen LogP) is 1.75. The van der Waals surface area contributed by atoms with Crippen LogP contribution in [0, 0.1) is 11.8 Å². The van der Waals surface area contributed by atoms with Crippen molar-refractivity contribution in [3.05, 3.63) is 0 Å². The molecule has 4 nitrogen and oxygen atoms in total. The van der Waals surface area contributed by atoms with Crippen molar-refractivity contribution < 1.29 is 14.7 Å². The van der Waals surface area contributed by atoms with Gasteiger partial charge in [-0.25, -0.2) is 0 Å². The minimum atomic E-state index is -0.815. The summed E-state index contributed by atoms with van der Waals surface area (Å²) in [7, 11) is 0. The molecular formula is C12H21NO3. The number of nitrogens with zero attached hydrogens (tertiary/aromatic N) is 1. The fraction of sp³-hybridized carbons (Fsp3) is 0.833. The van der Waals surface area contributed by atoms with E-state index in [0.717, 1.165) is 19.3 Å². The highest BCUT2D eigenvalue weighted by atomic mass is 16.4. The van der Waals surface area contributed by atoms with E-state index in [-0.39, 0.29) is 11.8 Å². The van der Waals surface area contributed by atoms with Gasteiger partial charge in [0.05, 0.1) is 11.8 Å². The highest BCUT2D eigenvalue weighted by Crippen LogP contribution is 2.31. The van der Waals surface area contributed by atoms with E-state index in [1.165, 1.54) is 0 Å². The van der Waals surface area contributed by atoms with Crippen molar-refractivity contribution >= 4 is 11.9 Å². The maximum Gasteiger partial charge on any atom is 0.307 e. The smallest absolute Gasteiger partial charge is 0.307 e. The molecule has 0 bridgehead atoms. The van der Waals surface area contributed by atoms with Crippen LogP contribution < -0.4 is 0 Å². The van der Waals surface area contributed by atoms with Gasteiger partial charge in [0.15, 0.2) is 0 Å². The van der Waals surface area contributed by atoms with Gasteiger partial charge in [-0.2, -0.15) is 0 Å². The molecule has 0 aromatic carbocycles. The SMILES string of the molecule is CCN(CC)C(=O)[C@H]1CCCC[C@H]1C(=O)O. The first kappa shape index (κ1) is 13.0. The second-order valence-corrected chi connectivity index (χ2v) is 4.35. The molecule has 92 valence electrons. The van der Waals surface area contributed by atoms with Crippen LogP contribution in [0.3, 0.4) is 0 Å². The standard InChI is InChI=1S/C12H21NO3/c1-3-13(4-2)11(14)9-7-5-6-8-10(9)12(15)16/h9-10H,3-8H2,1-2H3,(H,15,16)/t9-,10+/m0/s1. The zero-order valence-electron chi connectivity index (χ0n) is 10.1. The zero-order valence-corrected chi connectivity index (χ0v) is 10.1. The van der Waals surface area contributed by atoms with Crippen LogP contribution in [0.4, 0.5) is 0 Å². The van der Waals surface area contributed by atoms with Crippen molar-refractivity contribution in [2.45, 2.75) is 39.5 Å². The van der Waals surface area contributed by atoms with Crippen molar-refractivity contribution in [1.82, 2.24) is 4.90 Å². The first-order valence-corrected chi connectivity index (χ1v) is 6.13. The van der Waals surface area contributed by atoms with Crippen molar-refractivity contribution in [2.24, 2.45) is 11.8 Å². The highest BCUT2D eigenvalue weighted by Gasteiger charge is 2.37. The Hall–Kier alpha value is -1.06. The summed E-state index contributed by atoms with van der Waals surface area (Å²) in [5.74, 6) is -1.56. The van der Waals surface area contributed by atoms with E-state index in [1.54, 1.807) is 4.90 Å². The molecule has 0 aromatic heterocycles. The van der Waals surface area contributed by atoms with E-state index >= 15 is 0 Å². The summed E-state index contributed by atoms with van der Waals surface area (Å²) >= 11 is 0. The lowest BCUT2D eigenvalue weighted by atomic mass is 9.78. The van der Waals surface area contributed by atoms with Crippen LogP contribution in [0.2, 0.25) is 0 Å². The Morgan fingerprint density at radius 2 is 1.62 bits per heavy atom. The van der Waals surface area contributed by atoms with Crippen LogP contribution in [0.1, 0.15) is 39.5 Å². The molecule has 0 aromatic rings. The lowest BCUT2D eigenvalue weighted by Crippen LogP contribution is -2.42. The Morgan fingerprint density at radius 1 is 1.12 bits per heavy atom. The van der Waals surface area contributed by atoms with Gasteiger partial charge >= 0.3 is 5.97 Å². The first-order valence-electron chi connectivity index (χ1n) is 6.13. The minimum absolute atomic E-state index is 0.0251. The molecule has 4 heteroatoms. The van der Waals surface area contributed by atoms with Gasteiger partial charge in [-0.15, -0.1) is 0 Å².